The van der Waals surface area contributed by atoms with Crippen LogP contribution in [0.5, 0.6) is 0 Å². The molecule has 4 nitrogen and oxygen atoms in total. The predicted octanol–water partition coefficient (Wildman–Crippen LogP) is 5.39. The van der Waals surface area contributed by atoms with Gasteiger partial charge in [-0.05, 0) is 40.2 Å². The van der Waals surface area contributed by atoms with Crippen LogP contribution in [0.2, 0.25) is 0 Å². The van der Waals surface area contributed by atoms with Crippen molar-refractivity contribution < 1.29 is 19.8 Å². The minimum Gasteiger partial charge on any atom is -0.481 e. The van der Waals surface area contributed by atoms with Gasteiger partial charge >= 0.3 is 11.9 Å². The summed E-state index contributed by atoms with van der Waals surface area (Å²) < 4.78 is 0. The fourth-order valence-electron chi connectivity index (χ4n) is 1.74. The van der Waals surface area contributed by atoms with Crippen LogP contribution in [0, 0.1) is 0 Å². The van der Waals surface area contributed by atoms with Crippen LogP contribution in [0.25, 0.3) is 0 Å². The summed E-state index contributed by atoms with van der Waals surface area (Å²) in [7, 11) is 0. The largest absolute Gasteiger partial charge is 0.481 e. The smallest absolute Gasteiger partial charge is 0.331 e. The molecule has 0 aliphatic heterocycles. The molecule has 0 aromatic heterocycles. The summed E-state index contributed by atoms with van der Waals surface area (Å²) in [5, 5.41) is 17.6. The van der Waals surface area contributed by atoms with Gasteiger partial charge in [0.15, 0.2) is 0 Å². The Labute approximate surface area is 155 Å². The lowest BCUT2D eigenvalue weighted by Crippen LogP contribution is -1.98. The van der Waals surface area contributed by atoms with Gasteiger partial charge < -0.3 is 10.2 Å². The zero-order valence-electron chi connectivity index (χ0n) is 16.1. The Morgan fingerprint density at radius 3 is 1.77 bits per heavy atom. The second kappa shape index (κ2) is 12.5. The fourth-order valence-corrected chi connectivity index (χ4v) is 1.74. The summed E-state index contributed by atoms with van der Waals surface area (Å²) in [5.74, 6) is -1.74. The number of hydrogen-bond donors (Lipinski definition) is 2. The summed E-state index contributed by atoms with van der Waals surface area (Å²) in [5.41, 5.74) is 3.90. The van der Waals surface area contributed by atoms with Crippen molar-refractivity contribution in [3.05, 3.63) is 82.5 Å². The number of carboxylic acid groups (broad SMARTS) is 2. The van der Waals surface area contributed by atoms with Crippen LogP contribution in [-0.4, -0.2) is 22.2 Å². The van der Waals surface area contributed by atoms with Crippen molar-refractivity contribution >= 4 is 11.9 Å². The van der Waals surface area contributed by atoms with E-state index in [0.29, 0.717) is 5.57 Å². The summed E-state index contributed by atoms with van der Waals surface area (Å²) in [6, 6.07) is 0. The number of rotatable bonds is 9. The lowest BCUT2D eigenvalue weighted by atomic mass is 10.1. The maximum atomic E-state index is 10.9. The maximum Gasteiger partial charge on any atom is 0.331 e. The van der Waals surface area contributed by atoms with Gasteiger partial charge in [-0.25, -0.2) is 4.79 Å². The highest BCUT2D eigenvalue weighted by atomic mass is 16.4. The molecule has 0 fully saturated rings. The Morgan fingerprint density at radius 1 is 0.731 bits per heavy atom. The number of aliphatic carboxylic acids is 2. The number of carbonyl (C=O) groups is 2. The van der Waals surface area contributed by atoms with Crippen molar-refractivity contribution in [3.63, 3.8) is 0 Å². The summed E-state index contributed by atoms with van der Waals surface area (Å²) >= 11 is 0. The molecule has 0 aliphatic carbocycles. The van der Waals surface area contributed by atoms with Gasteiger partial charge in [0.25, 0.3) is 0 Å². The first-order chi connectivity index (χ1) is 12.1. The Morgan fingerprint density at radius 2 is 1.27 bits per heavy atom. The Kier molecular flexibility index (Phi) is 11.1. The van der Waals surface area contributed by atoms with E-state index in [0.717, 1.165) is 22.3 Å². The molecule has 0 amide bonds. The first-order valence-electron chi connectivity index (χ1n) is 8.29. The van der Waals surface area contributed by atoms with Crippen LogP contribution in [-0.2, 0) is 9.59 Å². The molecular weight excluding hydrogens is 328 g/mol. The third kappa shape index (κ3) is 11.6. The highest BCUT2D eigenvalue weighted by Crippen LogP contribution is 2.07. The lowest BCUT2D eigenvalue weighted by molar-refractivity contribution is -0.136. The van der Waals surface area contributed by atoms with Gasteiger partial charge in [-0.15, -0.1) is 0 Å². The molecule has 0 heterocycles. The van der Waals surface area contributed by atoms with Crippen molar-refractivity contribution in [1.29, 1.82) is 0 Å². The van der Waals surface area contributed by atoms with Gasteiger partial charge in [0.1, 0.15) is 0 Å². The summed E-state index contributed by atoms with van der Waals surface area (Å²) in [6.07, 6.45) is 17.0. The molecule has 0 rings (SSSR count). The van der Waals surface area contributed by atoms with Gasteiger partial charge in [-0.2, -0.15) is 0 Å². The normalized spacial score (nSPS) is 15.2. The highest BCUT2D eigenvalue weighted by molar-refractivity contribution is 5.87. The number of allylic oxidation sites excluding steroid dienone is 12. The van der Waals surface area contributed by atoms with Crippen molar-refractivity contribution in [2.75, 3.05) is 0 Å². The van der Waals surface area contributed by atoms with Crippen LogP contribution in [0.1, 0.15) is 41.0 Å². The molecule has 0 saturated heterocycles. The van der Waals surface area contributed by atoms with Crippen molar-refractivity contribution in [2.45, 2.75) is 41.0 Å². The van der Waals surface area contributed by atoms with Crippen LogP contribution >= 0.6 is 0 Å². The van der Waals surface area contributed by atoms with Gasteiger partial charge in [-0.1, -0.05) is 71.4 Å². The average Bonchev–Trinajstić information content (AvgIpc) is 2.55. The lowest BCUT2D eigenvalue weighted by Gasteiger charge is -1.97. The van der Waals surface area contributed by atoms with E-state index >= 15 is 0 Å². The molecule has 140 valence electrons. The van der Waals surface area contributed by atoms with Gasteiger partial charge in [0.2, 0.25) is 0 Å². The minimum atomic E-state index is -0.907. The average molecular weight is 356 g/mol. The first kappa shape index (κ1) is 23.1. The van der Waals surface area contributed by atoms with E-state index in [1.54, 1.807) is 32.9 Å². The minimum absolute atomic E-state index is 0.0469. The molecule has 0 atom stereocenters. The van der Waals surface area contributed by atoms with E-state index in [9.17, 15) is 9.59 Å². The van der Waals surface area contributed by atoms with Crippen LogP contribution in [0.15, 0.2) is 82.5 Å². The van der Waals surface area contributed by atoms with E-state index in [4.69, 9.17) is 10.2 Å². The fraction of sp³-hybridized carbons (Fsp3) is 0.273. The van der Waals surface area contributed by atoms with Crippen molar-refractivity contribution in [1.82, 2.24) is 0 Å². The molecule has 0 radical (unpaired) electrons. The van der Waals surface area contributed by atoms with Crippen LogP contribution < -0.4 is 0 Å². The summed E-state index contributed by atoms with van der Waals surface area (Å²) in [6.45, 7) is 9.04. The highest BCUT2D eigenvalue weighted by Gasteiger charge is 2.01. The zero-order chi connectivity index (χ0) is 20.1. The maximum absolute atomic E-state index is 10.9. The molecule has 0 aromatic rings. The third-order valence-corrected chi connectivity index (χ3v) is 3.51. The van der Waals surface area contributed by atoms with E-state index in [2.05, 4.69) is 0 Å². The molecule has 0 bridgehead atoms. The molecule has 4 heteroatoms. The Balaban J connectivity index is 4.74. The van der Waals surface area contributed by atoms with E-state index in [1.165, 1.54) is 0 Å². The van der Waals surface area contributed by atoms with Crippen LogP contribution in [0.3, 0.4) is 0 Å². The quantitative estimate of drug-likeness (QED) is 0.429. The van der Waals surface area contributed by atoms with Crippen LogP contribution in [0.4, 0.5) is 0 Å². The second-order valence-corrected chi connectivity index (χ2v) is 6.10. The molecule has 0 spiro atoms. The molecule has 0 aromatic carbocycles. The zero-order valence-corrected chi connectivity index (χ0v) is 16.1. The van der Waals surface area contributed by atoms with E-state index in [1.807, 2.05) is 56.4 Å². The topological polar surface area (TPSA) is 74.6 Å². The van der Waals surface area contributed by atoms with Gasteiger partial charge in [-0.3, -0.25) is 4.79 Å². The second-order valence-electron chi connectivity index (χ2n) is 6.10. The number of hydrogen-bond acceptors (Lipinski definition) is 2. The molecule has 0 aliphatic rings. The standard InChI is InChI=1S/C22H28O4/c1-16(11-8-12-18(3)15-21(23)24)9-6-7-10-17(2)13-14-19(4)20(5)22(25)26/h6-14H,15H2,1-5H3,(H,23,24)(H,25,26)/b7-6+,11-8+,14-13+,16-9+,17-10+,18-12+,20-19+. The third-order valence-electron chi connectivity index (χ3n) is 3.51. The first-order valence-corrected chi connectivity index (χ1v) is 8.29. The molecule has 26 heavy (non-hydrogen) atoms. The number of carboxylic acids is 2. The summed E-state index contributed by atoms with van der Waals surface area (Å²) in [4.78, 5) is 21.4. The molecular formula is C22H28O4. The van der Waals surface area contributed by atoms with Crippen molar-refractivity contribution in [3.8, 4) is 0 Å². The molecule has 2 N–H and O–H groups in total. The monoisotopic (exact) mass is 356 g/mol. The van der Waals surface area contributed by atoms with E-state index in [-0.39, 0.29) is 6.42 Å². The Bertz CT molecular complexity index is 723. The molecule has 0 unspecified atom stereocenters. The van der Waals surface area contributed by atoms with Gasteiger partial charge in [0, 0.05) is 5.57 Å². The van der Waals surface area contributed by atoms with Gasteiger partial charge in [0.05, 0.1) is 6.42 Å². The molecule has 0 saturated carbocycles. The SMILES string of the molecule is CC(/C=C/C=C(\C)CC(=O)O)=C\C=C\C=C(C)\C=C\C(C)=C(/C)C(=O)O. The predicted molar refractivity (Wildman–Crippen MR) is 107 cm³/mol. The Hall–Kier alpha value is -2.88. The van der Waals surface area contributed by atoms with Crippen molar-refractivity contribution in [2.24, 2.45) is 0 Å². The van der Waals surface area contributed by atoms with E-state index < -0.39 is 11.9 Å².